The van der Waals surface area contributed by atoms with Gasteiger partial charge in [0.05, 0.1) is 0 Å². The summed E-state index contributed by atoms with van der Waals surface area (Å²) in [7, 11) is 1.94. The van der Waals surface area contributed by atoms with Crippen molar-refractivity contribution >= 4 is 11.7 Å². The first kappa shape index (κ1) is 12.0. The fraction of sp³-hybridized carbons (Fsp3) is 0.500. The molecule has 17 heavy (non-hydrogen) atoms. The molecule has 1 N–H and O–H groups in total. The number of benzene rings is 1. The Morgan fingerprint density at radius 2 is 2.06 bits per heavy atom. The van der Waals surface area contributed by atoms with Crippen molar-refractivity contribution in [3.63, 3.8) is 0 Å². The van der Waals surface area contributed by atoms with E-state index < -0.39 is 11.9 Å². The van der Waals surface area contributed by atoms with Crippen LogP contribution in [0.4, 0.5) is 5.69 Å². The van der Waals surface area contributed by atoms with Gasteiger partial charge in [-0.15, -0.1) is 0 Å². The molecule has 0 spiro atoms. The summed E-state index contributed by atoms with van der Waals surface area (Å²) in [6.07, 6.45) is 0. The molecule has 1 aliphatic heterocycles. The smallest absolute Gasteiger partial charge is 0.312 e. The van der Waals surface area contributed by atoms with Crippen LogP contribution in [0.5, 0.6) is 0 Å². The van der Waals surface area contributed by atoms with Crippen LogP contribution in [0, 0.1) is 0 Å². The van der Waals surface area contributed by atoms with Crippen molar-refractivity contribution in [3.05, 3.63) is 29.3 Å². The summed E-state index contributed by atoms with van der Waals surface area (Å²) in [6, 6.07) is 6.19. The molecule has 3 nitrogen and oxygen atoms in total. The predicted molar refractivity (Wildman–Crippen MR) is 68.8 cm³/mol. The lowest BCUT2D eigenvalue weighted by molar-refractivity contribution is -0.138. The van der Waals surface area contributed by atoms with Crippen LogP contribution in [0.25, 0.3) is 0 Å². The zero-order valence-electron chi connectivity index (χ0n) is 10.8. The zero-order chi connectivity index (χ0) is 12.8. The minimum absolute atomic E-state index is 0.0548. The highest BCUT2D eigenvalue weighted by atomic mass is 16.4. The van der Waals surface area contributed by atoms with Gasteiger partial charge in [-0.25, -0.2) is 0 Å². The van der Waals surface area contributed by atoms with Crippen molar-refractivity contribution in [2.24, 2.45) is 0 Å². The molecule has 1 unspecified atom stereocenters. The minimum Gasteiger partial charge on any atom is -0.481 e. The monoisotopic (exact) mass is 233 g/mol. The Kier molecular flexibility index (Phi) is 2.64. The van der Waals surface area contributed by atoms with Crippen molar-refractivity contribution in [1.29, 1.82) is 0 Å². The molecule has 0 saturated heterocycles. The first-order chi connectivity index (χ1) is 7.80. The molecule has 1 aromatic carbocycles. The van der Waals surface area contributed by atoms with E-state index in [9.17, 15) is 9.90 Å². The standard InChI is InChI=1S/C14H19NO2/c1-14(2,3)9-5-6-12-10(7-9)11(13(16)17)8-15(12)4/h5-7,11H,8H2,1-4H3,(H,16,17). The maximum Gasteiger partial charge on any atom is 0.312 e. The molecule has 0 radical (unpaired) electrons. The molecular formula is C14H19NO2. The highest BCUT2D eigenvalue weighted by molar-refractivity contribution is 5.83. The van der Waals surface area contributed by atoms with Crippen LogP contribution in [0.3, 0.4) is 0 Å². The van der Waals surface area contributed by atoms with Crippen molar-refractivity contribution < 1.29 is 9.90 Å². The van der Waals surface area contributed by atoms with Gasteiger partial charge >= 0.3 is 5.97 Å². The van der Waals surface area contributed by atoms with Crippen molar-refractivity contribution in [3.8, 4) is 0 Å². The minimum atomic E-state index is -0.735. The number of carboxylic acids is 1. The molecule has 0 saturated carbocycles. The lowest BCUT2D eigenvalue weighted by atomic mass is 9.85. The third-order valence-electron chi connectivity index (χ3n) is 3.43. The van der Waals surface area contributed by atoms with E-state index in [1.54, 1.807) is 0 Å². The van der Waals surface area contributed by atoms with Crippen molar-refractivity contribution in [2.75, 3.05) is 18.5 Å². The Hall–Kier alpha value is -1.51. The van der Waals surface area contributed by atoms with Gasteiger partial charge in [-0.1, -0.05) is 32.9 Å². The number of anilines is 1. The molecule has 92 valence electrons. The Bertz CT molecular complexity index is 460. The molecule has 1 heterocycles. The second kappa shape index (κ2) is 3.76. The van der Waals surface area contributed by atoms with Gasteiger partial charge in [0.2, 0.25) is 0 Å². The van der Waals surface area contributed by atoms with Crippen LogP contribution in [-0.4, -0.2) is 24.7 Å². The summed E-state index contributed by atoms with van der Waals surface area (Å²) in [6.45, 7) is 6.99. The van der Waals surface area contributed by atoms with E-state index in [0.29, 0.717) is 6.54 Å². The highest BCUT2D eigenvalue weighted by Crippen LogP contribution is 2.38. The molecule has 2 rings (SSSR count). The summed E-state index contributed by atoms with van der Waals surface area (Å²) >= 11 is 0. The molecule has 0 amide bonds. The topological polar surface area (TPSA) is 40.5 Å². The number of hydrogen-bond acceptors (Lipinski definition) is 2. The first-order valence-corrected chi connectivity index (χ1v) is 5.89. The second-order valence-electron chi connectivity index (χ2n) is 5.79. The van der Waals surface area contributed by atoms with Gasteiger partial charge in [0.15, 0.2) is 0 Å². The maximum atomic E-state index is 11.2. The molecule has 1 aliphatic rings. The molecule has 3 heteroatoms. The number of carbonyl (C=O) groups is 1. The van der Waals surface area contributed by atoms with Gasteiger partial charge in [-0.05, 0) is 22.6 Å². The van der Waals surface area contributed by atoms with E-state index >= 15 is 0 Å². The van der Waals surface area contributed by atoms with Gasteiger partial charge in [-0.3, -0.25) is 4.79 Å². The van der Waals surface area contributed by atoms with Gasteiger partial charge in [0.1, 0.15) is 5.92 Å². The second-order valence-corrected chi connectivity index (χ2v) is 5.79. The molecule has 0 fully saturated rings. The lowest BCUT2D eigenvalue weighted by Crippen LogP contribution is -2.19. The largest absolute Gasteiger partial charge is 0.481 e. The van der Waals surface area contributed by atoms with Crippen LogP contribution < -0.4 is 4.90 Å². The Labute approximate surface area is 102 Å². The van der Waals surface area contributed by atoms with E-state index in [1.807, 2.05) is 18.0 Å². The third kappa shape index (κ3) is 2.02. The predicted octanol–water partition coefficient (Wildman–Crippen LogP) is 2.60. The van der Waals surface area contributed by atoms with Gasteiger partial charge in [0.25, 0.3) is 0 Å². The zero-order valence-corrected chi connectivity index (χ0v) is 10.8. The Morgan fingerprint density at radius 1 is 1.41 bits per heavy atom. The number of nitrogens with zero attached hydrogens (tertiary/aromatic N) is 1. The van der Waals surface area contributed by atoms with E-state index in [1.165, 1.54) is 5.56 Å². The van der Waals surface area contributed by atoms with E-state index in [2.05, 4.69) is 32.9 Å². The SMILES string of the molecule is CN1CC(C(=O)O)c2cc(C(C)(C)C)ccc21. The number of likely N-dealkylation sites (N-methyl/N-ethyl adjacent to an activating group) is 1. The van der Waals surface area contributed by atoms with E-state index in [-0.39, 0.29) is 5.41 Å². The summed E-state index contributed by atoms with van der Waals surface area (Å²) < 4.78 is 0. The normalized spacial score (nSPS) is 19.3. The van der Waals surface area contributed by atoms with E-state index in [4.69, 9.17) is 0 Å². The quantitative estimate of drug-likeness (QED) is 0.810. The number of fused-ring (bicyclic) bond motifs is 1. The van der Waals surface area contributed by atoms with Crippen LogP contribution >= 0.6 is 0 Å². The molecule has 0 aromatic heterocycles. The summed E-state index contributed by atoms with van der Waals surface area (Å²) in [5.41, 5.74) is 3.25. The van der Waals surface area contributed by atoms with Gasteiger partial charge in [-0.2, -0.15) is 0 Å². The number of aliphatic carboxylic acids is 1. The molecule has 1 aromatic rings. The van der Waals surface area contributed by atoms with Crippen LogP contribution in [-0.2, 0) is 10.2 Å². The van der Waals surface area contributed by atoms with E-state index in [0.717, 1.165) is 11.3 Å². The molecule has 0 bridgehead atoms. The number of carboxylic acid groups (broad SMARTS) is 1. The molecular weight excluding hydrogens is 214 g/mol. The number of hydrogen-bond donors (Lipinski definition) is 1. The van der Waals surface area contributed by atoms with Crippen molar-refractivity contribution in [1.82, 2.24) is 0 Å². The van der Waals surface area contributed by atoms with Gasteiger partial charge in [0, 0.05) is 19.3 Å². The Morgan fingerprint density at radius 3 is 2.59 bits per heavy atom. The summed E-state index contributed by atoms with van der Waals surface area (Å²) in [5, 5.41) is 9.24. The van der Waals surface area contributed by atoms with Crippen molar-refractivity contribution in [2.45, 2.75) is 32.1 Å². The average Bonchev–Trinajstić information content (AvgIpc) is 2.54. The number of rotatable bonds is 1. The fourth-order valence-electron chi connectivity index (χ4n) is 2.33. The molecule has 0 aliphatic carbocycles. The van der Waals surface area contributed by atoms with Crippen LogP contribution in [0.1, 0.15) is 37.8 Å². The first-order valence-electron chi connectivity index (χ1n) is 5.89. The highest BCUT2D eigenvalue weighted by Gasteiger charge is 2.32. The third-order valence-corrected chi connectivity index (χ3v) is 3.43. The van der Waals surface area contributed by atoms with Crippen LogP contribution in [0.15, 0.2) is 18.2 Å². The van der Waals surface area contributed by atoms with Gasteiger partial charge < -0.3 is 10.0 Å². The lowest BCUT2D eigenvalue weighted by Gasteiger charge is -2.21. The fourth-order valence-corrected chi connectivity index (χ4v) is 2.33. The maximum absolute atomic E-state index is 11.2. The van der Waals surface area contributed by atoms with Crippen LogP contribution in [0.2, 0.25) is 0 Å². The molecule has 1 atom stereocenters. The summed E-state index contributed by atoms with van der Waals surface area (Å²) in [5.74, 6) is -1.13. The summed E-state index contributed by atoms with van der Waals surface area (Å²) in [4.78, 5) is 13.3. The average molecular weight is 233 g/mol. The Balaban J connectivity index is 2.51.